The second-order valence-corrected chi connectivity index (χ2v) is 4.91. The number of hydrogen-bond acceptors (Lipinski definition) is 4. The van der Waals surface area contributed by atoms with Crippen LogP contribution in [-0.4, -0.2) is 17.4 Å². The highest BCUT2D eigenvalue weighted by atomic mass is 16.6. The van der Waals surface area contributed by atoms with Gasteiger partial charge in [0.25, 0.3) is 11.6 Å². The summed E-state index contributed by atoms with van der Waals surface area (Å²) in [7, 11) is 0. The summed E-state index contributed by atoms with van der Waals surface area (Å²) >= 11 is 0. The zero-order valence-corrected chi connectivity index (χ0v) is 12.3. The zero-order valence-electron chi connectivity index (χ0n) is 12.3. The number of non-ortho nitro benzene ring substituents is 1. The molecule has 0 radical (unpaired) electrons. The molecule has 0 aliphatic carbocycles. The smallest absolute Gasteiger partial charge is 0.269 e. The van der Waals surface area contributed by atoms with Gasteiger partial charge in [0.1, 0.15) is 5.75 Å². The van der Waals surface area contributed by atoms with Crippen molar-refractivity contribution in [1.29, 1.82) is 0 Å². The minimum atomic E-state index is -0.491. The van der Waals surface area contributed by atoms with Gasteiger partial charge in [-0.2, -0.15) is 0 Å². The molecule has 0 aromatic heterocycles. The number of carbonyl (C=O) groups is 1. The summed E-state index contributed by atoms with van der Waals surface area (Å²) in [5.74, 6) is 0.341. The first kappa shape index (κ1) is 15.5. The summed E-state index contributed by atoms with van der Waals surface area (Å²) in [4.78, 5) is 21.9. The molecule has 0 spiro atoms. The average Bonchev–Trinajstić information content (AvgIpc) is 2.49. The number of nitrogens with zero attached hydrogens (tertiary/aromatic N) is 1. The molecule has 0 bridgehead atoms. The third-order valence-corrected chi connectivity index (χ3v) is 3.06. The topological polar surface area (TPSA) is 81.5 Å². The Hall–Kier alpha value is -2.89. The fourth-order valence-corrected chi connectivity index (χ4v) is 1.87. The second-order valence-electron chi connectivity index (χ2n) is 4.91. The van der Waals surface area contributed by atoms with Crippen LogP contribution in [0.3, 0.4) is 0 Å². The van der Waals surface area contributed by atoms with Crippen LogP contribution in [0.1, 0.15) is 11.1 Å². The number of rotatable bonds is 5. The number of nitro benzene ring substituents is 1. The maximum Gasteiger partial charge on any atom is 0.269 e. The molecule has 0 saturated heterocycles. The standard InChI is InChI=1S/C16H16N2O4/c1-11-3-4-12(2)15(9-11)22-10-16(19)17-13-5-7-14(8-6-13)18(20)21/h3-9H,10H2,1-2H3,(H,17,19). The lowest BCUT2D eigenvalue weighted by atomic mass is 10.1. The molecule has 2 rings (SSSR count). The first-order valence-corrected chi connectivity index (χ1v) is 6.70. The van der Waals surface area contributed by atoms with E-state index in [0.717, 1.165) is 11.1 Å². The molecule has 1 amide bonds. The van der Waals surface area contributed by atoms with Gasteiger partial charge in [-0.05, 0) is 43.2 Å². The van der Waals surface area contributed by atoms with Crippen LogP contribution in [0.4, 0.5) is 11.4 Å². The number of aryl methyl sites for hydroxylation is 2. The van der Waals surface area contributed by atoms with Gasteiger partial charge in [-0.25, -0.2) is 0 Å². The van der Waals surface area contributed by atoms with E-state index < -0.39 is 4.92 Å². The van der Waals surface area contributed by atoms with Crippen LogP contribution in [-0.2, 0) is 4.79 Å². The molecule has 1 N–H and O–H groups in total. The molecule has 0 aliphatic rings. The van der Waals surface area contributed by atoms with Gasteiger partial charge in [-0.1, -0.05) is 12.1 Å². The van der Waals surface area contributed by atoms with E-state index in [-0.39, 0.29) is 18.2 Å². The van der Waals surface area contributed by atoms with Crippen molar-refractivity contribution in [2.45, 2.75) is 13.8 Å². The number of nitro groups is 1. The minimum absolute atomic E-state index is 0.0235. The van der Waals surface area contributed by atoms with Crippen molar-refractivity contribution < 1.29 is 14.5 Å². The summed E-state index contributed by atoms with van der Waals surface area (Å²) < 4.78 is 5.49. The van der Waals surface area contributed by atoms with E-state index in [9.17, 15) is 14.9 Å². The zero-order chi connectivity index (χ0) is 16.1. The summed E-state index contributed by atoms with van der Waals surface area (Å²) in [6, 6.07) is 11.4. The Morgan fingerprint density at radius 1 is 1.18 bits per heavy atom. The molecule has 0 saturated carbocycles. The molecule has 0 aliphatic heterocycles. The minimum Gasteiger partial charge on any atom is -0.483 e. The van der Waals surface area contributed by atoms with Crippen LogP contribution in [0.25, 0.3) is 0 Å². The lowest BCUT2D eigenvalue weighted by Crippen LogP contribution is -2.20. The van der Waals surface area contributed by atoms with Crippen molar-refractivity contribution >= 4 is 17.3 Å². The Kier molecular flexibility index (Phi) is 4.73. The van der Waals surface area contributed by atoms with Crippen LogP contribution in [0.15, 0.2) is 42.5 Å². The fourth-order valence-electron chi connectivity index (χ4n) is 1.87. The van der Waals surface area contributed by atoms with E-state index in [1.54, 1.807) is 0 Å². The van der Waals surface area contributed by atoms with Crippen LogP contribution in [0.2, 0.25) is 0 Å². The molecule has 6 nitrogen and oxygen atoms in total. The van der Waals surface area contributed by atoms with Crippen LogP contribution < -0.4 is 10.1 Å². The first-order chi connectivity index (χ1) is 10.5. The lowest BCUT2D eigenvalue weighted by Gasteiger charge is -2.10. The van der Waals surface area contributed by atoms with Gasteiger partial charge in [0.05, 0.1) is 4.92 Å². The van der Waals surface area contributed by atoms with E-state index in [1.807, 2.05) is 32.0 Å². The lowest BCUT2D eigenvalue weighted by molar-refractivity contribution is -0.384. The Morgan fingerprint density at radius 3 is 2.50 bits per heavy atom. The number of hydrogen-bond donors (Lipinski definition) is 1. The van der Waals surface area contributed by atoms with Gasteiger partial charge in [-0.3, -0.25) is 14.9 Å². The van der Waals surface area contributed by atoms with Crippen molar-refractivity contribution in [3.05, 3.63) is 63.7 Å². The largest absolute Gasteiger partial charge is 0.483 e. The normalized spacial score (nSPS) is 10.1. The molecule has 0 unspecified atom stereocenters. The highest BCUT2D eigenvalue weighted by molar-refractivity contribution is 5.91. The Balaban J connectivity index is 1.92. The predicted octanol–water partition coefficient (Wildman–Crippen LogP) is 3.23. The Labute approximate surface area is 127 Å². The van der Waals surface area contributed by atoms with Gasteiger partial charge >= 0.3 is 0 Å². The highest BCUT2D eigenvalue weighted by Crippen LogP contribution is 2.19. The van der Waals surface area contributed by atoms with E-state index in [1.165, 1.54) is 24.3 Å². The molecule has 0 fully saturated rings. The number of carbonyl (C=O) groups excluding carboxylic acids is 1. The number of nitrogens with one attached hydrogen (secondary N) is 1. The van der Waals surface area contributed by atoms with Crippen molar-refractivity contribution in [3.63, 3.8) is 0 Å². The van der Waals surface area contributed by atoms with Gasteiger partial charge < -0.3 is 10.1 Å². The van der Waals surface area contributed by atoms with Crippen molar-refractivity contribution in [2.24, 2.45) is 0 Å². The molecule has 0 heterocycles. The van der Waals surface area contributed by atoms with Gasteiger partial charge in [-0.15, -0.1) is 0 Å². The van der Waals surface area contributed by atoms with E-state index >= 15 is 0 Å². The van der Waals surface area contributed by atoms with Gasteiger partial charge in [0, 0.05) is 17.8 Å². The molecule has 22 heavy (non-hydrogen) atoms. The maximum atomic E-state index is 11.8. The van der Waals surface area contributed by atoms with Crippen LogP contribution in [0.5, 0.6) is 5.75 Å². The third kappa shape index (κ3) is 4.05. The molecule has 0 atom stereocenters. The molecule has 6 heteroatoms. The third-order valence-electron chi connectivity index (χ3n) is 3.06. The van der Waals surface area contributed by atoms with E-state index in [0.29, 0.717) is 11.4 Å². The summed E-state index contributed by atoms with van der Waals surface area (Å²) in [5.41, 5.74) is 2.47. The van der Waals surface area contributed by atoms with Gasteiger partial charge in [0.15, 0.2) is 6.61 Å². The average molecular weight is 300 g/mol. The Morgan fingerprint density at radius 2 is 1.86 bits per heavy atom. The number of ether oxygens (including phenoxy) is 1. The highest BCUT2D eigenvalue weighted by Gasteiger charge is 2.08. The Bertz CT molecular complexity index is 696. The van der Waals surface area contributed by atoms with Gasteiger partial charge in [0.2, 0.25) is 0 Å². The molecular formula is C16H16N2O4. The molecular weight excluding hydrogens is 284 g/mol. The molecule has 2 aromatic rings. The van der Waals surface area contributed by atoms with Crippen LogP contribution in [0, 0.1) is 24.0 Å². The maximum absolute atomic E-state index is 11.8. The summed E-state index contributed by atoms with van der Waals surface area (Å²) in [5, 5.41) is 13.2. The van der Waals surface area contributed by atoms with Crippen molar-refractivity contribution in [1.82, 2.24) is 0 Å². The quantitative estimate of drug-likeness (QED) is 0.679. The van der Waals surface area contributed by atoms with Crippen molar-refractivity contribution in [2.75, 3.05) is 11.9 Å². The monoisotopic (exact) mass is 300 g/mol. The first-order valence-electron chi connectivity index (χ1n) is 6.70. The van der Waals surface area contributed by atoms with E-state index in [4.69, 9.17) is 4.74 Å². The number of anilines is 1. The predicted molar refractivity (Wildman–Crippen MR) is 83.1 cm³/mol. The summed E-state index contributed by atoms with van der Waals surface area (Å²) in [6.45, 7) is 3.73. The number of benzene rings is 2. The SMILES string of the molecule is Cc1ccc(C)c(OCC(=O)Nc2ccc([N+](=O)[O-])cc2)c1. The number of amides is 1. The summed E-state index contributed by atoms with van der Waals surface area (Å²) in [6.07, 6.45) is 0. The fraction of sp³-hybridized carbons (Fsp3) is 0.188. The molecule has 114 valence electrons. The van der Waals surface area contributed by atoms with Crippen molar-refractivity contribution in [3.8, 4) is 5.75 Å². The van der Waals surface area contributed by atoms with Crippen LogP contribution >= 0.6 is 0 Å². The van der Waals surface area contributed by atoms with E-state index in [2.05, 4.69) is 5.32 Å². The second kappa shape index (κ2) is 6.71. The molecule has 2 aromatic carbocycles.